The van der Waals surface area contributed by atoms with Crippen molar-refractivity contribution in [2.24, 2.45) is 0 Å². The first-order valence-electron chi connectivity index (χ1n) is 9.78. The van der Waals surface area contributed by atoms with E-state index in [1.165, 1.54) is 0 Å². The third kappa shape index (κ3) is 4.74. The summed E-state index contributed by atoms with van der Waals surface area (Å²) in [5.74, 6) is -0.494. The highest BCUT2D eigenvalue weighted by atomic mass is 16.5. The van der Waals surface area contributed by atoms with Gasteiger partial charge in [0.15, 0.2) is 0 Å². The van der Waals surface area contributed by atoms with E-state index in [0.717, 1.165) is 16.8 Å². The first kappa shape index (κ1) is 20.4. The van der Waals surface area contributed by atoms with Crippen LogP contribution < -0.4 is 5.32 Å². The van der Waals surface area contributed by atoms with E-state index < -0.39 is 0 Å². The number of nitrogens with one attached hydrogen (secondary N) is 1. The third-order valence-corrected chi connectivity index (χ3v) is 4.91. The van der Waals surface area contributed by atoms with E-state index in [1.54, 1.807) is 13.0 Å². The van der Waals surface area contributed by atoms with Crippen LogP contribution in [0.2, 0.25) is 0 Å². The van der Waals surface area contributed by atoms with Crippen molar-refractivity contribution < 1.29 is 14.3 Å². The second-order valence-corrected chi connectivity index (χ2v) is 6.90. The first-order valence-corrected chi connectivity index (χ1v) is 9.78. The van der Waals surface area contributed by atoms with Crippen molar-refractivity contribution >= 4 is 11.9 Å². The van der Waals surface area contributed by atoms with Crippen molar-refractivity contribution in [3.05, 3.63) is 83.6 Å². The second-order valence-electron chi connectivity index (χ2n) is 6.90. The Morgan fingerprint density at radius 3 is 2.28 bits per heavy atom. The maximum Gasteiger partial charge on any atom is 0.339 e. The zero-order valence-corrected chi connectivity index (χ0v) is 17.0. The van der Waals surface area contributed by atoms with Gasteiger partial charge in [-0.2, -0.15) is 0 Å². The molecule has 0 aliphatic carbocycles. The average molecular weight is 390 g/mol. The Balaban J connectivity index is 1.88. The number of rotatable bonds is 7. The van der Waals surface area contributed by atoms with Gasteiger partial charge < -0.3 is 14.6 Å². The maximum absolute atomic E-state index is 12.8. The molecule has 0 aliphatic heterocycles. The molecule has 3 aromatic rings. The second kappa shape index (κ2) is 9.24. The maximum atomic E-state index is 12.8. The van der Waals surface area contributed by atoms with Gasteiger partial charge in [0.1, 0.15) is 6.54 Å². The van der Waals surface area contributed by atoms with Crippen LogP contribution in [-0.2, 0) is 16.1 Å². The molecular formula is C24H26N2O3. The Kier molecular flexibility index (Phi) is 6.50. The van der Waals surface area contributed by atoms with E-state index in [4.69, 9.17) is 4.74 Å². The minimum atomic E-state index is -0.376. The van der Waals surface area contributed by atoms with Gasteiger partial charge in [0, 0.05) is 11.4 Å². The number of carbonyl (C=O) groups excluding carboxylic acids is 2. The Labute approximate surface area is 171 Å². The number of benzene rings is 2. The number of hydrogen-bond donors (Lipinski definition) is 1. The van der Waals surface area contributed by atoms with E-state index in [0.29, 0.717) is 17.9 Å². The zero-order valence-electron chi connectivity index (χ0n) is 17.0. The van der Waals surface area contributed by atoms with Crippen molar-refractivity contribution in [2.75, 3.05) is 6.61 Å². The largest absolute Gasteiger partial charge is 0.462 e. The highest BCUT2D eigenvalue weighted by molar-refractivity contribution is 5.93. The topological polar surface area (TPSA) is 60.3 Å². The Hall–Kier alpha value is -3.34. The Morgan fingerprint density at radius 1 is 1.03 bits per heavy atom. The van der Waals surface area contributed by atoms with Crippen molar-refractivity contribution in [3.63, 3.8) is 0 Å². The molecule has 150 valence electrons. The molecular weight excluding hydrogens is 364 g/mol. The highest BCUT2D eigenvalue weighted by Gasteiger charge is 2.21. The van der Waals surface area contributed by atoms with Gasteiger partial charge in [-0.15, -0.1) is 0 Å². The molecule has 1 amide bonds. The van der Waals surface area contributed by atoms with Crippen LogP contribution in [0, 0.1) is 6.92 Å². The summed E-state index contributed by atoms with van der Waals surface area (Å²) in [6, 6.07) is 21.2. The molecule has 0 saturated carbocycles. The molecule has 1 heterocycles. The molecule has 0 bridgehead atoms. The number of ether oxygens (including phenoxy) is 1. The summed E-state index contributed by atoms with van der Waals surface area (Å²) in [5.41, 5.74) is 3.99. The summed E-state index contributed by atoms with van der Waals surface area (Å²) in [6.45, 7) is 6.00. The molecule has 0 spiro atoms. The molecule has 0 aliphatic rings. The predicted molar refractivity (Wildman–Crippen MR) is 114 cm³/mol. The summed E-state index contributed by atoms with van der Waals surface area (Å²) in [7, 11) is 0. The zero-order chi connectivity index (χ0) is 20.8. The molecule has 29 heavy (non-hydrogen) atoms. The van der Waals surface area contributed by atoms with Crippen molar-refractivity contribution in [3.8, 4) is 11.3 Å². The van der Waals surface area contributed by atoms with E-state index in [-0.39, 0.29) is 24.5 Å². The van der Waals surface area contributed by atoms with Crippen LogP contribution in [0.4, 0.5) is 0 Å². The van der Waals surface area contributed by atoms with Crippen LogP contribution in [-0.4, -0.2) is 23.1 Å². The summed E-state index contributed by atoms with van der Waals surface area (Å²) in [6.07, 6.45) is 0. The minimum absolute atomic E-state index is 0.107. The molecule has 0 unspecified atom stereocenters. The summed E-state index contributed by atoms with van der Waals surface area (Å²) >= 11 is 0. The molecule has 1 aromatic heterocycles. The van der Waals surface area contributed by atoms with Crippen molar-refractivity contribution in [2.45, 2.75) is 33.4 Å². The van der Waals surface area contributed by atoms with Crippen LogP contribution in [0.25, 0.3) is 11.3 Å². The van der Waals surface area contributed by atoms with Gasteiger partial charge in [-0.1, -0.05) is 60.7 Å². The van der Waals surface area contributed by atoms with Gasteiger partial charge in [0.2, 0.25) is 5.91 Å². The molecule has 3 rings (SSSR count). The monoisotopic (exact) mass is 390 g/mol. The number of aromatic nitrogens is 1. The Morgan fingerprint density at radius 2 is 1.66 bits per heavy atom. The molecule has 5 nitrogen and oxygen atoms in total. The molecule has 1 N–H and O–H groups in total. The lowest BCUT2D eigenvalue weighted by Gasteiger charge is -2.17. The first-order chi connectivity index (χ1) is 14.0. The van der Waals surface area contributed by atoms with Crippen LogP contribution >= 0.6 is 0 Å². The van der Waals surface area contributed by atoms with Crippen LogP contribution in [0.15, 0.2) is 66.7 Å². The Bertz CT molecular complexity index is 978. The van der Waals surface area contributed by atoms with Gasteiger partial charge >= 0.3 is 5.97 Å². The molecule has 0 radical (unpaired) electrons. The quantitative estimate of drug-likeness (QED) is 0.604. The number of amides is 1. The van der Waals surface area contributed by atoms with Gasteiger partial charge in [-0.05, 0) is 38.0 Å². The summed E-state index contributed by atoms with van der Waals surface area (Å²) in [4.78, 5) is 25.2. The molecule has 1 atom stereocenters. The minimum Gasteiger partial charge on any atom is -0.462 e. The van der Waals surface area contributed by atoms with E-state index >= 15 is 0 Å². The van der Waals surface area contributed by atoms with Crippen LogP contribution in [0.5, 0.6) is 0 Å². The van der Waals surface area contributed by atoms with Crippen molar-refractivity contribution in [1.82, 2.24) is 9.88 Å². The van der Waals surface area contributed by atoms with E-state index in [2.05, 4.69) is 5.32 Å². The number of carbonyl (C=O) groups is 2. The van der Waals surface area contributed by atoms with Gasteiger partial charge in [-0.3, -0.25) is 4.79 Å². The lowest BCUT2D eigenvalue weighted by Crippen LogP contribution is -2.30. The number of nitrogens with zero attached hydrogens (tertiary/aromatic N) is 1. The fourth-order valence-electron chi connectivity index (χ4n) is 3.37. The third-order valence-electron chi connectivity index (χ3n) is 4.91. The number of hydrogen-bond acceptors (Lipinski definition) is 3. The van der Waals surface area contributed by atoms with E-state index in [1.807, 2.05) is 79.1 Å². The fraction of sp³-hybridized carbons (Fsp3) is 0.250. The smallest absolute Gasteiger partial charge is 0.339 e. The van der Waals surface area contributed by atoms with Crippen molar-refractivity contribution in [1.29, 1.82) is 0 Å². The molecule has 5 heteroatoms. The summed E-state index contributed by atoms with van der Waals surface area (Å²) in [5, 5.41) is 3.04. The molecule has 0 fully saturated rings. The van der Waals surface area contributed by atoms with E-state index in [9.17, 15) is 9.59 Å². The predicted octanol–water partition coefficient (Wildman–Crippen LogP) is 4.52. The normalized spacial score (nSPS) is 11.7. The fourth-order valence-corrected chi connectivity index (χ4v) is 3.37. The average Bonchev–Trinajstić information content (AvgIpc) is 3.05. The standard InChI is InChI=1S/C24H26N2O3/c1-4-29-24(28)21-15-22(20-13-9-6-10-14-20)26(18(21)3)16-23(27)25-17(2)19-11-7-5-8-12-19/h5-15,17H,4,16H2,1-3H3,(H,25,27)/t17-/m0/s1. The van der Waals surface area contributed by atoms with Gasteiger partial charge in [0.05, 0.1) is 18.2 Å². The van der Waals surface area contributed by atoms with Gasteiger partial charge in [-0.25, -0.2) is 4.79 Å². The van der Waals surface area contributed by atoms with Crippen LogP contribution in [0.1, 0.15) is 41.5 Å². The molecule has 0 saturated heterocycles. The highest BCUT2D eigenvalue weighted by Crippen LogP contribution is 2.26. The number of esters is 1. The lowest BCUT2D eigenvalue weighted by atomic mass is 10.1. The van der Waals surface area contributed by atoms with Gasteiger partial charge in [0.25, 0.3) is 0 Å². The molecule has 2 aromatic carbocycles. The summed E-state index contributed by atoms with van der Waals surface area (Å²) < 4.78 is 7.06. The van der Waals surface area contributed by atoms with Crippen LogP contribution in [0.3, 0.4) is 0 Å². The SMILES string of the molecule is CCOC(=O)c1cc(-c2ccccc2)n(CC(=O)N[C@@H](C)c2ccccc2)c1C. The lowest BCUT2D eigenvalue weighted by molar-refractivity contribution is -0.122.